The zero-order chi connectivity index (χ0) is 16.3. The van der Waals surface area contributed by atoms with E-state index in [4.69, 9.17) is 16.7 Å². The molecule has 0 fully saturated rings. The van der Waals surface area contributed by atoms with E-state index in [1.54, 1.807) is 0 Å². The lowest BCUT2D eigenvalue weighted by Crippen LogP contribution is -2.21. The molecule has 0 heterocycles. The monoisotopic (exact) mass is 322 g/mol. The van der Waals surface area contributed by atoms with E-state index in [0.29, 0.717) is 0 Å². The van der Waals surface area contributed by atoms with Gasteiger partial charge in [-0.1, -0.05) is 64.7 Å². The summed E-state index contributed by atoms with van der Waals surface area (Å²) in [5.41, 5.74) is 4.70. The fraction of sp³-hybridized carbons (Fsp3) is 0.938. The molecule has 0 aliphatic rings. The van der Waals surface area contributed by atoms with E-state index in [2.05, 4.69) is 18.0 Å². The zero-order valence-corrected chi connectivity index (χ0v) is 14.6. The van der Waals surface area contributed by atoms with Gasteiger partial charge in [-0.05, 0) is 19.9 Å². The van der Waals surface area contributed by atoms with Crippen LogP contribution in [0.3, 0.4) is 0 Å². The standard InChI is InChI=1S/C14H30ClN.C2H5NO2/c1-3-4-5-6-7-8-9-10-11-12-13-16-14(2)15;3-1-2(4)5/h14,16H,3-13H2,1-2H3;1,3H2,(H,4,5). The maximum atomic E-state index is 9.24. The lowest BCUT2D eigenvalue weighted by Gasteiger charge is -2.05. The van der Waals surface area contributed by atoms with Crippen LogP contribution in [0.4, 0.5) is 0 Å². The van der Waals surface area contributed by atoms with Crippen molar-refractivity contribution in [3.63, 3.8) is 0 Å². The first kappa shape index (κ1) is 23.0. The average molecular weight is 323 g/mol. The Morgan fingerprint density at radius 3 is 1.76 bits per heavy atom. The van der Waals surface area contributed by atoms with E-state index in [1.165, 1.54) is 64.2 Å². The van der Waals surface area contributed by atoms with Gasteiger partial charge in [0.25, 0.3) is 0 Å². The summed E-state index contributed by atoms with van der Waals surface area (Å²) in [5, 5.41) is 10.8. The molecule has 0 saturated heterocycles. The number of carboxylic acids is 1. The molecule has 0 amide bonds. The number of alkyl halides is 1. The van der Waals surface area contributed by atoms with Crippen LogP contribution in [-0.4, -0.2) is 29.7 Å². The quantitative estimate of drug-likeness (QED) is 0.271. The van der Waals surface area contributed by atoms with Crippen LogP contribution in [0.5, 0.6) is 0 Å². The Balaban J connectivity index is 0. The van der Waals surface area contributed by atoms with Gasteiger partial charge in [0.2, 0.25) is 0 Å². The number of hydrogen-bond donors (Lipinski definition) is 3. The number of hydrogen-bond acceptors (Lipinski definition) is 3. The molecule has 0 rings (SSSR count). The van der Waals surface area contributed by atoms with Gasteiger partial charge in [0.1, 0.15) is 0 Å². The highest BCUT2D eigenvalue weighted by Crippen LogP contribution is 2.10. The maximum absolute atomic E-state index is 9.24. The van der Waals surface area contributed by atoms with Gasteiger partial charge in [-0.25, -0.2) is 0 Å². The highest BCUT2D eigenvalue weighted by atomic mass is 35.5. The van der Waals surface area contributed by atoms with E-state index in [0.717, 1.165) is 6.54 Å². The minimum Gasteiger partial charge on any atom is -0.480 e. The molecule has 21 heavy (non-hydrogen) atoms. The molecular formula is C16H35ClN2O2. The van der Waals surface area contributed by atoms with Gasteiger partial charge < -0.3 is 16.2 Å². The normalized spacial score (nSPS) is 11.6. The first-order valence-electron chi connectivity index (χ1n) is 8.33. The van der Waals surface area contributed by atoms with Crippen molar-refractivity contribution in [2.75, 3.05) is 13.1 Å². The molecule has 0 aliphatic heterocycles. The second-order valence-electron chi connectivity index (χ2n) is 5.35. The van der Waals surface area contributed by atoms with Crippen LogP contribution in [0.15, 0.2) is 0 Å². The van der Waals surface area contributed by atoms with Crippen molar-refractivity contribution in [1.82, 2.24) is 5.32 Å². The van der Waals surface area contributed by atoms with Crippen LogP contribution in [0.1, 0.15) is 78.1 Å². The molecule has 0 bridgehead atoms. The van der Waals surface area contributed by atoms with Gasteiger partial charge in [0.05, 0.1) is 12.0 Å². The van der Waals surface area contributed by atoms with Gasteiger partial charge >= 0.3 is 5.97 Å². The van der Waals surface area contributed by atoms with E-state index in [1.807, 2.05) is 6.92 Å². The second kappa shape index (κ2) is 19.7. The molecule has 4 N–H and O–H groups in total. The van der Waals surface area contributed by atoms with Gasteiger partial charge in [0, 0.05) is 0 Å². The lowest BCUT2D eigenvalue weighted by molar-refractivity contribution is -0.135. The zero-order valence-electron chi connectivity index (χ0n) is 13.9. The average Bonchev–Trinajstić information content (AvgIpc) is 2.45. The van der Waals surface area contributed by atoms with Crippen molar-refractivity contribution in [2.24, 2.45) is 5.73 Å². The highest BCUT2D eigenvalue weighted by Gasteiger charge is 1.94. The Kier molecular flexibility index (Phi) is 21.5. The smallest absolute Gasteiger partial charge is 0.317 e. The molecular weight excluding hydrogens is 288 g/mol. The SMILES string of the molecule is CCCCCCCCCCCCNC(C)Cl.NCC(=O)O. The molecule has 1 atom stereocenters. The fourth-order valence-corrected chi connectivity index (χ4v) is 2.02. The van der Waals surface area contributed by atoms with Gasteiger partial charge in [-0.15, -0.1) is 11.6 Å². The minimum absolute atomic E-state index is 0.124. The molecule has 0 aromatic rings. The maximum Gasteiger partial charge on any atom is 0.317 e. The number of carbonyl (C=O) groups is 1. The molecule has 0 aromatic carbocycles. The van der Waals surface area contributed by atoms with Gasteiger partial charge in [-0.2, -0.15) is 0 Å². The Labute approximate surface area is 135 Å². The summed E-state index contributed by atoms with van der Waals surface area (Å²) in [4.78, 5) is 9.24. The largest absolute Gasteiger partial charge is 0.480 e. The van der Waals surface area contributed by atoms with E-state index >= 15 is 0 Å². The first-order chi connectivity index (χ1) is 10.0. The predicted molar refractivity (Wildman–Crippen MR) is 91.9 cm³/mol. The summed E-state index contributed by atoms with van der Waals surface area (Å²) in [5.74, 6) is -0.968. The summed E-state index contributed by atoms with van der Waals surface area (Å²) in [6.45, 7) is 5.05. The second-order valence-corrected chi connectivity index (χ2v) is 6.00. The third kappa shape index (κ3) is 28.5. The van der Waals surface area contributed by atoms with E-state index in [9.17, 15) is 4.79 Å². The number of nitrogens with two attached hydrogens (primary N) is 1. The van der Waals surface area contributed by atoms with Crippen molar-refractivity contribution in [1.29, 1.82) is 0 Å². The molecule has 0 radical (unpaired) electrons. The number of halogens is 1. The van der Waals surface area contributed by atoms with Gasteiger partial charge in [-0.3, -0.25) is 4.79 Å². The summed E-state index contributed by atoms with van der Waals surface area (Å²) in [7, 11) is 0. The number of carboxylic acid groups (broad SMARTS) is 1. The number of aliphatic carboxylic acids is 1. The van der Waals surface area contributed by atoms with Crippen LogP contribution in [-0.2, 0) is 4.79 Å². The Morgan fingerprint density at radius 1 is 1.05 bits per heavy atom. The molecule has 0 saturated carbocycles. The van der Waals surface area contributed by atoms with Crippen molar-refractivity contribution in [2.45, 2.75) is 83.6 Å². The molecule has 5 heteroatoms. The summed E-state index contributed by atoms with van der Waals surface area (Å²) in [6, 6.07) is 0. The van der Waals surface area contributed by atoms with Crippen molar-refractivity contribution in [3.8, 4) is 0 Å². The van der Waals surface area contributed by atoms with Gasteiger partial charge in [0.15, 0.2) is 0 Å². The number of nitrogens with one attached hydrogen (secondary N) is 1. The van der Waals surface area contributed by atoms with Crippen LogP contribution in [0.25, 0.3) is 0 Å². The summed E-state index contributed by atoms with van der Waals surface area (Å²) < 4.78 is 0. The Bertz CT molecular complexity index is 214. The molecule has 0 spiro atoms. The Morgan fingerprint density at radius 2 is 1.43 bits per heavy atom. The Hall–Kier alpha value is -0.320. The third-order valence-corrected chi connectivity index (χ3v) is 3.28. The van der Waals surface area contributed by atoms with Crippen molar-refractivity contribution < 1.29 is 9.90 Å². The number of rotatable bonds is 13. The molecule has 0 aliphatic carbocycles. The topological polar surface area (TPSA) is 75.3 Å². The minimum atomic E-state index is -0.968. The number of unbranched alkanes of at least 4 members (excludes halogenated alkanes) is 9. The van der Waals surface area contributed by atoms with E-state index < -0.39 is 5.97 Å². The highest BCUT2D eigenvalue weighted by molar-refractivity contribution is 6.20. The summed E-state index contributed by atoms with van der Waals surface area (Å²) in [6.07, 6.45) is 14.0. The van der Waals surface area contributed by atoms with Crippen molar-refractivity contribution in [3.05, 3.63) is 0 Å². The third-order valence-electron chi connectivity index (χ3n) is 3.13. The lowest BCUT2D eigenvalue weighted by atomic mass is 10.1. The molecule has 128 valence electrons. The van der Waals surface area contributed by atoms with Crippen LogP contribution < -0.4 is 11.1 Å². The fourth-order valence-electron chi connectivity index (χ4n) is 1.91. The van der Waals surface area contributed by atoms with Crippen molar-refractivity contribution >= 4 is 17.6 Å². The van der Waals surface area contributed by atoms with Crippen LogP contribution in [0, 0.1) is 0 Å². The van der Waals surface area contributed by atoms with E-state index in [-0.39, 0.29) is 12.0 Å². The van der Waals surface area contributed by atoms with Crippen LogP contribution in [0.2, 0.25) is 0 Å². The molecule has 0 aromatic heterocycles. The molecule has 1 unspecified atom stereocenters. The summed E-state index contributed by atoms with van der Waals surface area (Å²) >= 11 is 5.79. The first-order valence-corrected chi connectivity index (χ1v) is 8.77. The predicted octanol–water partition coefficient (Wildman–Crippen LogP) is 4.11. The molecule has 4 nitrogen and oxygen atoms in total. The van der Waals surface area contributed by atoms with Crippen LogP contribution >= 0.6 is 11.6 Å².